The lowest BCUT2D eigenvalue weighted by Gasteiger charge is -2.14. The second kappa shape index (κ2) is 3.06. The second-order valence-electron chi connectivity index (χ2n) is 2.44. The Labute approximate surface area is 68.1 Å². The maximum Gasteiger partial charge on any atom is 0.261 e. The van der Waals surface area contributed by atoms with Crippen LogP contribution in [0, 0.1) is 0 Å². The second-order valence-corrected chi connectivity index (χ2v) is 2.44. The molecule has 12 heavy (non-hydrogen) atoms. The molecule has 0 saturated carbocycles. The Balaban J connectivity index is 2.96. The summed E-state index contributed by atoms with van der Waals surface area (Å²) in [5, 5.41) is 17.6. The minimum absolute atomic E-state index is 0.0617. The fourth-order valence-electron chi connectivity index (χ4n) is 0.794. The molecule has 1 rings (SSSR count). The van der Waals surface area contributed by atoms with Crippen molar-refractivity contribution in [2.24, 2.45) is 0 Å². The zero-order valence-electron chi connectivity index (χ0n) is 6.17. The highest BCUT2D eigenvalue weighted by molar-refractivity contribution is 5.28. The zero-order chi connectivity index (χ0) is 9.19. The molecule has 0 aliphatic carbocycles. The summed E-state index contributed by atoms with van der Waals surface area (Å²) in [6, 6.07) is 4.59. The van der Waals surface area contributed by atoms with E-state index in [2.05, 4.69) is 0 Å². The first-order valence-electron chi connectivity index (χ1n) is 3.33. The number of hydrogen-bond donors (Lipinski definition) is 2. The molecule has 0 fully saturated rings. The molecule has 2 nitrogen and oxygen atoms in total. The van der Waals surface area contributed by atoms with Crippen LogP contribution in [0.4, 0.5) is 8.78 Å². The molecule has 0 aliphatic heterocycles. The summed E-state index contributed by atoms with van der Waals surface area (Å²) in [4.78, 5) is 0. The minimum atomic E-state index is -2.95. The van der Waals surface area contributed by atoms with Gasteiger partial charge in [0.05, 0.1) is 0 Å². The lowest BCUT2D eigenvalue weighted by molar-refractivity contribution is -0.111. The molecular weight excluding hydrogens is 166 g/mol. The molecule has 0 amide bonds. The van der Waals surface area contributed by atoms with Crippen molar-refractivity contribution in [3.8, 4) is 5.75 Å². The standard InChI is InChI=1S/C8H8F2O2/c9-5-8(10,12)6-1-3-7(11)4-2-6/h1-4,11-12H,5H2. The van der Waals surface area contributed by atoms with Crippen LogP contribution >= 0.6 is 0 Å². The topological polar surface area (TPSA) is 40.5 Å². The van der Waals surface area contributed by atoms with E-state index in [1.165, 1.54) is 12.1 Å². The van der Waals surface area contributed by atoms with E-state index in [1.54, 1.807) is 0 Å². The van der Waals surface area contributed by atoms with Gasteiger partial charge in [0, 0.05) is 5.56 Å². The van der Waals surface area contributed by atoms with Crippen LogP contribution in [0.25, 0.3) is 0 Å². The molecule has 66 valence electrons. The SMILES string of the molecule is Oc1ccc(C(O)(F)CF)cc1. The predicted molar refractivity (Wildman–Crippen MR) is 39.1 cm³/mol. The Morgan fingerprint density at radius 2 is 1.75 bits per heavy atom. The summed E-state index contributed by atoms with van der Waals surface area (Å²) in [6.45, 7) is -1.50. The third-order valence-electron chi connectivity index (χ3n) is 1.49. The van der Waals surface area contributed by atoms with Gasteiger partial charge in [-0.1, -0.05) is 0 Å². The molecule has 0 bridgehead atoms. The van der Waals surface area contributed by atoms with Gasteiger partial charge in [0.15, 0.2) is 6.67 Å². The molecule has 1 aromatic rings. The molecule has 0 saturated heterocycles. The van der Waals surface area contributed by atoms with E-state index >= 15 is 0 Å². The first-order valence-corrected chi connectivity index (χ1v) is 3.33. The molecule has 2 N–H and O–H groups in total. The van der Waals surface area contributed by atoms with Crippen LogP contribution in [-0.2, 0) is 5.85 Å². The maximum atomic E-state index is 12.8. The molecule has 0 aliphatic rings. The van der Waals surface area contributed by atoms with Crippen LogP contribution in [0.5, 0.6) is 5.75 Å². The third kappa shape index (κ3) is 1.71. The lowest BCUT2D eigenvalue weighted by Crippen LogP contribution is -2.21. The summed E-state index contributed by atoms with van der Waals surface area (Å²) >= 11 is 0. The number of phenols is 1. The molecule has 4 heteroatoms. The fraction of sp³-hybridized carbons (Fsp3) is 0.250. The van der Waals surface area contributed by atoms with Gasteiger partial charge >= 0.3 is 0 Å². The van der Waals surface area contributed by atoms with Crippen molar-refractivity contribution in [1.82, 2.24) is 0 Å². The Kier molecular flexibility index (Phi) is 2.28. The minimum Gasteiger partial charge on any atom is -0.508 e. The Morgan fingerprint density at radius 3 is 2.17 bits per heavy atom. The summed E-state index contributed by atoms with van der Waals surface area (Å²) in [5.74, 6) is -3.01. The summed E-state index contributed by atoms with van der Waals surface area (Å²) in [5.41, 5.74) is -0.206. The Morgan fingerprint density at radius 1 is 1.25 bits per heavy atom. The lowest BCUT2D eigenvalue weighted by atomic mass is 10.1. The highest BCUT2D eigenvalue weighted by atomic mass is 19.2. The number of aromatic hydroxyl groups is 1. The van der Waals surface area contributed by atoms with Gasteiger partial charge in [-0.05, 0) is 24.3 Å². The van der Waals surface area contributed by atoms with Gasteiger partial charge in [-0.3, -0.25) is 0 Å². The first kappa shape index (κ1) is 8.93. The molecule has 0 heterocycles. The molecule has 1 atom stereocenters. The van der Waals surface area contributed by atoms with Gasteiger partial charge in [-0.2, -0.15) is 0 Å². The quantitative estimate of drug-likeness (QED) is 0.712. The van der Waals surface area contributed by atoms with Crippen molar-refractivity contribution in [3.05, 3.63) is 29.8 Å². The van der Waals surface area contributed by atoms with Crippen LogP contribution in [0.2, 0.25) is 0 Å². The van der Waals surface area contributed by atoms with E-state index in [4.69, 9.17) is 10.2 Å². The number of hydrogen-bond acceptors (Lipinski definition) is 2. The summed E-state index contributed by atoms with van der Waals surface area (Å²) < 4.78 is 24.7. The average molecular weight is 174 g/mol. The van der Waals surface area contributed by atoms with Gasteiger partial charge in [0.25, 0.3) is 5.85 Å². The van der Waals surface area contributed by atoms with Crippen LogP contribution in [-0.4, -0.2) is 16.9 Å². The normalized spacial score (nSPS) is 15.6. The van der Waals surface area contributed by atoms with Crippen LogP contribution in [0.1, 0.15) is 5.56 Å². The number of aliphatic hydroxyl groups is 1. The molecule has 1 unspecified atom stereocenters. The van der Waals surface area contributed by atoms with Crippen molar-refractivity contribution >= 4 is 0 Å². The van der Waals surface area contributed by atoms with Crippen LogP contribution in [0.15, 0.2) is 24.3 Å². The van der Waals surface area contributed by atoms with Crippen molar-refractivity contribution in [2.75, 3.05) is 6.67 Å². The molecule has 0 spiro atoms. The highest BCUT2D eigenvalue weighted by Gasteiger charge is 2.28. The van der Waals surface area contributed by atoms with E-state index in [0.717, 1.165) is 12.1 Å². The van der Waals surface area contributed by atoms with Crippen molar-refractivity contribution in [2.45, 2.75) is 5.85 Å². The summed E-state index contributed by atoms with van der Waals surface area (Å²) in [6.07, 6.45) is 0. The largest absolute Gasteiger partial charge is 0.508 e. The van der Waals surface area contributed by atoms with E-state index in [0.29, 0.717) is 0 Å². The average Bonchev–Trinajstić information content (AvgIpc) is 2.05. The van der Waals surface area contributed by atoms with E-state index in [-0.39, 0.29) is 11.3 Å². The zero-order valence-corrected chi connectivity index (χ0v) is 6.17. The van der Waals surface area contributed by atoms with Gasteiger partial charge in [-0.25, -0.2) is 8.78 Å². The van der Waals surface area contributed by atoms with Gasteiger partial charge in [0.2, 0.25) is 0 Å². The van der Waals surface area contributed by atoms with Crippen LogP contribution < -0.4 is 0 Å². The summed E-state index contributed by atoms with van der Waals surface area (Å²) in [7, 11) is 0. The Bertz CT molecular complexity index is 256. The maximum absolute atomic E-state index is 12.8. The number of halogens is 2. The van der Waals surface area contributed by atoms with Crippen molar-refractivity contribution in [3.63, 3.8) is 0 Å². The fourth-order valence-corrected chi connectivity index (χ4v) is 0.794. The van der Waals surface area contributed by atoms with Gasteiger partial charge in [-0.15, -0.1) is 0 Å². The number of alkyl halides is 2. The van der Waals surface area contributed by atoms with E-state index in [1.807, 2.05) is 0 Å². The van der Waals surface area contributed by atoms with Gasteiger partial charge in [0.1, 0.15) is 5.75 Å². The number of phenolic OH excluding ortho intramolecular Hbond substituents is 1. The van der Waals surface area contributed by atoms with Crippen molar-refractivity contribution < 1.29 is 19.0 Å². The Hall–Kier alpha value is -1.16. The molecule has 0 radical (unpaired) electrons. The monoisotopic (exact) mass is 174 g/mol. The van der Waals surface area contributed by atoms with Crippen LogP contribution in [0.3, 0.4) is 0 Å². The third-order valence-corrected chi connectivity index (χ3v) is 1.49. The predicted octanol–water partition coefficient (Wildman–Crippen LogP) is 1.48. The molecular formula is C8H8F2O2. The number of rotatable bonds is 2. The highest BCUT2D eigenvalue weighted by Crippen LogP contribution is 2.24. The molecule has 0 aromatic heterocycles. The first-order chi connectivity index (χ1) is 5.56. The number of benzene rings is 1. The van der Waals surface area contributed by atoms with Gasteiger partial charge < -0.3 is 10.2 Å². The van der Waals surface area contributed by atoms with Crippen molar-refractivity contribution in [1.29, 1.82) is 0 Å². The smallest absolute Gasteiger partial charge is 0.261 e. The van der Waals surface area contributed by atoms with E-state index in [9.17, 15) is 8.78 Å². The molecule has 1 aromatic carbocycles. The van der Waals surface area contributed by atoms with E-state index < -0.39 is 12.5 Å².